The van der Waals surface area contributed by atoms with Gasteiger partial charge in [-0.2, -0.15) is 4.31 Å². The third-order valence-corrected chi connectivity index (χ3v) is 4.85. The maximum Gasteiger partial charge on any atom is 0.270 e. The van der Waals surface area contributed by atoms with Crippen molar-refractivity contribution in [2.75, 3.05) is 18.8 Å². The van der Waals surface area contributed by atoms with Crippen molar-refractivity contribution in [3.05, 3.63) is 28.3 Å². The van der Waals surface area contributed by atoms with Gasteiger partial charge in [0.15, 0.2) is 0 Å². The molecule has 0 saturated carbocycles. The lowest BCUT2D eigenvalue weighted by molar-refractivity contribution is -0.385. The van der Waals surface area contributed by atoms with Crippen LogP contribution in [0.25, 0.3) is 0 Å². The van der Waals surface area contributed by atoms with E-state index in [0.29, 0.717) is 13.1 Å². The number of nitrogens with zero attached hydrogens (tertiary/aromatic N) is 2. The highest BCUT2D eigenvalue weighted by molar-refractivity contribution is 7.89. The fraction of sp³-hybridized carbons (Fsp3) is 0.400. The van der Waals surface area contributed by atoms with E-state index in [1.165, 1.54) is 16.4 Å². The number of hydrogen-bond donors (Lipinski definition) is 1. The third kappa shape index (κ3) is 2.16. The van der Waals surface area contributed by atoms with Gasteiger partial charge in [-0.05, 0) is 18.9 Å². The zero-order valence-electron chi connectivity index (χ0n) is 9.57. The largest absolute Gasteiger partial charge is 0.398 e. The molecule has 98 valence electrons. The van der Waals surface area contributed by atoms with Gasteiger partial charge in [-0.1, -0.05) is 0 Å². The van der Waals surface area contributed by atoms with E-state index in [-0.39, 0.29) is 16.3 Å². The lowest BCUT2D eigenvalue weighted by atomic mass is 10.3. The average Bonchev–Trinajstić information content (AvgIpc) is 2.82. The number of sulfonamides is 1. The lowest BCUT2D eigenvalue weighted by Crippen LogP contribution is -2.28. The Labute approximate surface area is 104 Å². The Morgan fingerprint density at radius 1 is 1.28 bits per heavy atom. The van der Waals surface area contributed by atoms with Crippen LogP contribution < -0.4 is 5.73 Å². The van der Waals surface area contributed by atoms with E-state index in [1.54, 1.807) is 0 Å². The maximum atomic E-state index is 12.3. The second kappa shape index (κ2) is 4.54. The van der Waals surface area contributed by atoms with Crippen LogP contribution >= 0.6 is 0 Å². The normalized spacial score (nSPS) is 16.9. The van der Waals surface area contributed by atoms with Gasteiger partial charge < -0.3 is 5.73 Å². The highest BCUT2D eigenvalue weighted by Gasteiger charge is 2.30. The SMILES string of the molecule is Nc1ccc([N+](=O)[O-])cc1S(=O)(=O)N1CCCC1. The highest BCUT2D eigenvalue weighted by Crippen LogP contribution is 2.28. The molecule has 0 aromatic heterocycles. The number of nitrogens with two attached hydrogens (primary N) is 1. The molecule has 1 aromatic rings. The first-order valence-electron chi connectivity index (χ1n) is 5.47. The van der Waals surface area contributed by atoms with Crippen LogP contribution in [0.15, 0.2) is 23.1 Å². The van der Waals surface area contributed by atoms with Gasteiger partial charge in [0, 0.05) is 25.2 Å². The fourth-order valence-corrected chi connectivity index (χ4v) is 3.58. The molecular formula is C10H13N3O4S. The van der Waals surface area contributed by atoms with Gasteiger partial charge in [0.05, 0.1) is 10.6 Å². The monoisotopic (exact) mass is 271 g/mol. The minimum absolute atomic E-state index is 0.0347. The van der Waals surface area contributed by atoms with Gasteiger partial charge >= 0.3 is 0 Å². The van der Waals surface area contributed by atoms with Crippen LogP contribution in [0.2, 0.25) is 0 Å². The summed E-state index contributed by atoms with van der Waals surface area (Å²) in [4.78, 5) is 9.85. The van der Waals surface area contributed by atoms with Gasteiger partial charge in [0.25, 0.3) is 5.69 Å². The number of hydrogen-bond acceptors (Lipinski definition) is 5. The molecule has 0 unspecified atom stereocenters. The van der Waals surface area contributed by atoms with Gasteiger partial charge in [-0.15, -0.1) is 0 Å². The second-order valence-electron chi connectivity index (χ2n) is 4.09. The summed E-state index contributed by atoms with van der Waals surface area (Å²) in [5.41, 5.74) is 5.37. The molecule has 8 heteroatoms. The predicted molar refractivity (Wildman–Crippen MR) is 65.5 cm³/mol. The van der Waals surface area contributed by atoms with E-state index >= 15 is 0 Å². The van der Waals surface area contributed by atoms with E-state index in [0.717, 1.165) is 18.9 Å². The number of nitro groups is 1. The lowest BCUT2D eigenvalue weighted by Gasteiger charge is -2.16. The summed E-state index contributed by atoms with van der Waals surface area (Å²) in [6, 6.07) is 3.46. The smallest absolute Gasteiger partial charge is 0.270 e. The molecule has 0 aliphatic carbocycles. The number of benzene rings is 1. The van der Waals surface area contributed by atoms with Crippen molar-refractivity contribution in [2.24, 2.45) is 0 Å². The van der Waals surface area contributed by atoms with Crippen LogP contribution in [0.1, 0.15) is 12.8 Å². The molecule has 18 heavy (non-hydrogen) atoms. The quantitative estimate of drug-likeness (QED) is 0.500. The van der Waals surface area contributed by atoms with E-state index in [9.17, 15) is 18.5 Å². The average molecular weight is 271 g/mol. The number of non-ortho nitro benzene ring substituents is 1. The van der Waals surface area contributed by atoms with Crippen molar-refractivity contribution in [3.63, 3.8) is 0 Å². The summed E-state index contributed by atoms with van der Waals surface area (Å²) >= 11 is 0. The third-order valence-electron chi connectivity index (χ3n) is 2.89. The maximum absolute atomic E-state index is 12.3. The van der Waals surface area contributed by atoms with Crippen LogP contribution in [0.3, 0.4) is 0 Å². The molecule has 0 amide bonds. The summed E-state index contributed by atoms with van der Waals surface area (Å²) in [5, 5.41) is 10.7. The fourth-order valence-electron chi connectivity index (χ4n) is 1.93. The number of nitro benzene ring substituents is 1. The molecule has 0 atom stereocenters. The molecule has 0 spiro atoms. The number of rotatable bonds is 3. The summed E-state index contributed by atoms with van der Waals surface area (Å²) in [6.07, 6.45) is 1.60. The molecule has 2 N–H and O–H groups in total. The Morgan fingerprint density at radius 3 is 2.44 bits per heavy atom. The summed E-state index contributed by atoms with van der Waals surface area (Å²) in [5.74, 6) is 0. The van der Waals surface area contributed by atoms with Crippen LogP contribution in [-0.4, -0.2) is 30.7 Å². The molecule has 1 fully saturated rings. The van der Waals surface area contributed by atoms with Crippen molar-refractivity contribution in [2.45, 2.75) is 17.7 Å². The van der Waals surface area contributed by atoms with Gasteiger partial charge in [-0.3, -0.25) is 10.1 Å². The first-order valence-corrected chi connectivity index (χ1v) is 6.91. The van der Waals surface area contributed by atoms with Crippen molar-refractivity contribution in [3.8, 4) is 0 Å². The summed E-state index contributed by atoms with van der Waals surface area (Å²) in [6.45, 7) is 0.870. The minimum atomic E-state index is -3.72. The van der Waals surface area contributed by atoms with E-state index in [1.807, 2.05) is 0 Å². The topological polar surface area (TPSA) is 107 Å². The molecule has 1 saturated heterocycles. The standard InChI is InChI=1S/C10H13N3O4S/c11-9-4-3-8(13(14)15)7-10(9)18(16,17)12-5-1-2-6-12/h3-4,7H,1-2,5-6,11H2. The Hall–Kier alpha value is -1.67. The first kappa shape index (κ1) is 12.8. The Balaban J connectivity index is 2.49. The van der Waals surface area contributed by atoms with Crippen molar-refractivity contribution >= 4 is 21.4 Å². The molecule has 1 heterocycles. The van der Waals surface area contributed by atoms with Gasteiger partial charge in [0.2, 0.25) is 10.0 Å². The zero-order valence-corrected chi connectivity index (χ0v) is 10.4. The molecule has 1 aliphatic heterocycles. The summed E-state index contributed by atoms with van der Waals surface area (Å²) in [7, 11) is -3.72. The van der Waals surface area contributed by atoms with Crippen LogP contribution in [-0.2, 0) is 10.0 Å². The highest BCUT2D eigenvalue weighted by atomic mass is 32.2. The van der Waals surface area contributed by atoms with Gasteiger partial charge in [0.1, 0.15) is 4.90 Å². The van der Waals surface area contributed by atoms with Crippen molar-refractivity contribution in [1.29, 1.82) is 0 Å². The molecule has 0 radical (unpaired) electrons. The Kier molecular flexibility index (Phi) is 3.22. The number of anilines is 1. The Bertz CT molecular complexity index is 579. The summed E-state index contributed by atoms with van der Waals surface area (Å²) < 4.78 is 25.8. The second-order valence-corrected chi connectivity index (χ2v) is 6.00. The zero-order chi connectivity index (χ0) is 13.3. The molecule has 1 aliphatic rings. The predicted octanol–water partition coefficient (Wildman–Crippen LogP) is 0.962. The van der Waals surface area contributed by atoms with E-state index < -0.39 is 14.9 Å². The van der Waals surface area contributed by atoms with Crippen molar-refractivity contribution < 1.29 is 13.3 Å². The van der Waals surface area contributed by atoms with Crippen molar-refractivity contribution in [1.82, 2.24) is 4.31 Å². The van der Waals surface area contributed by atoms with Crippen LogP contribution in [0.4, 0.5) is 11.4 Å². The molecule has 1 aromatic carbocycles. The number of nitrogen functional groups attached to an aromatic ring is 1. The molecule has 2 rings (SSSR count). The molecule has 0 bridgehead atoms. The first-order chi connectivity index (χ1) is 8.43. The van der Waals surface area contributed by atoms with E-state index in [4.69, 9.17) is 5.73 Å². The Morgan fingerprint density at radius 2 is 1.89 bits per heavy atom. The van der Waals surface area contributed by atoms with Crippen LogP contribution in [0.5, 0.6) is 0 Å². The minimum Gasteiger partial charge on any atom is -0.398 e. The van der Waals surface area contributed by atoms with Gasteiger partial charge in [-0.25, -0.2) is 8.42 Å². The molecule has 7 nitrogen and oxygen atoms in total. The molecular weight excluding hydrogens is 258 g/mol. The van der Waals surface area contributed by atoms with E-state index in [2.05, 4.69) is 0 Å². The van der Waals surface area contributed by atoms with Crippen LogP contribution in [0, 0.1) is 10.1 Å².